The Morgan fingerprint density at radius 2 is 2.00 bits per heavy atom. The van der Waals surface area contributed by atoms with Gasteiger partial charge in [-0.05, 0) is 44.7 Å². The highest BCUT2D eigenvalue weighted by molar-refractivity contribution is 7.22. The van der Waals surface area contributed by atoms with Gasteiger partial charge < -0.3 is 9.64 Å². The fourth-order valence-corrected chi connectivity index (χ4v) is 5.14. The monoisotopic (exact) mass is 399 g/mol. The van der Waals surface area contributed by atoms with Crippen LogP contribution in [0.4, 0.5) is 5.13 Å². The highest BCUT2D eigenvalue weighted by Crippen LogP contribution is 2.39. The summed E-state index contributed by atoms with van der Waals surface area (Å²) >= 11 is 1.73. The average Bonchev–Trinajstić information content (AvgIpc) is 3.37. The zero-order valence-electron chi connectivity index (χ0n) is 16.3. The smallest absolute Gasteiger partial charge is 0.345 e. The molecule has 0 radical (unpaired) electrons. The zero-order chi connectivity index (χ0) is 19.3. The Hall–Kier alpha value is -2.35. The molecule has 8 heteroatoms. The Labute approximate surface area is 167 Å². The largest absolute Gasteiger partial charge is 0.492 e. The van der Waals surface area contributed by atoms with Gasteiger partial charge in [-0.25, -0.2) is 14.5 Å². The molecule has 0 spiro atoms. The van der Waals surface area contributed by atoms with E-state index in [1.807, 2.05) is 23.6 Å². The highest BCUT2D eigenvalue weighted by atomic mass is 32.1. The molecular formula is C20H25N5O2S. The van der Waals surface area contributed by atoms with Gasteiger partial charge >= 0.3 is 5.69 Å². The van der Waals surface area contributed by atoms with E-state index < -0.39 is 0 Å². The number of ether oxygens (including phenoxy) is 1. The Bertz CT molecular complexity index is 1060. The minimum Gasteiger partial charge on any atom is -0.492 e. The van der Waals surface area contributed by atoms with Crippen molar-refractivity contribution in [2.24, 2.45) is 7.05 Å². The van der Waals surface area contributed by atoms with Crippen molar-refractivity contribution in [3.05, 3.63) is 34.5 Å². The molecule has 0 N–H and O–H groups in total. The molecule has 2 fully saturated rings. The van der Waals surface area contributed by atoms with Crippen molar-refractivity contribution >= 4 is 26.7 Å². The van der Waals surface area contributed by atoms with Gasteiger partial charge in [-0.1, -0.05) is 17.4 Å². The minimum absolute atomic E-state index is 0.0366. The molecule has 0 atom stereocenters. The number of anilines is 1. The van der Waals surface area contributed by atoms with Crippen LogP contribution in [-0.4, -0.2) is 39.0 Å². The topological polar surface area (TPSA) is 65.2 Å². The molecule has 0 unspecified atom stereocenters. The van der Waals surface area contributed by atoms with Crippen LogP contribution in [0.25, 0.3) is 10.2 Å². The fraction of sp³-hybridized carbons (Fsp3) is 0.550. The summed E-state index contributed by atoms with van der Waals surface area (Å²) in [6, 6.07) is 6.49. The van der Waals surface area contributed by atoms with Gasteiger partial charge in [0.25, 0.3) is 0 Å². The average molecular weight is 400 g/mol. The summed E-state index contributed by atoms with van der Waals surface area (Å²) in [5.74, 6) is 2.19. The van der Waals surface area contributed by atoms with Crippen molar-refractivity contribution in [2.75, 3.05) is 24.6 Å². The van der Waals surface area contributed by atoms with Gasteiger partial charge in [0.15, 0.2) is 5.13 Å². The van der Waals surface area contributed by atoms with Gasteiger partial charge in [0.2, 0.25) is 0 Å². The summed E-state index contributed by atoms with van der Waals surface area (Å²) in [5, 5.41) is 5.64. The van der Waals surface area contributed by atoms with Gasteiger partial charge in [-0.3, -0.25) is 4.57 Å². The molecule has 1 saturated heterocycles. The van der Waals surface area contributed by atoms with E-state index in [1.54, 1.807) is 18.4 Å². The lowest BCUT2D eigenvalue weighted by Crippen LogP contribution is -2.34. The Balaban J connectivity index is 1.35. The van der Waals surface area contributed by atoms with Gasteiger partial charge in [-0.15, -0.1) is 0 Å². The number of thiazole rings is 1. The molecule has 3 heterocycles. The van der Waals surface area contributed by atoms with Crippen molar-refractivity contribution in [2.45, 2.75) is 44.6 Å². The fourth-order valence-electron chi connectivity index (χ4n) is 4.10. The second-order valence-corrected chi connectivity index (χ2v) is 8.67. The van der Waals surface area contributed by atoms with Gasteiger partial charge in [0, 0.05) is 32.1 Å². The van der Waals surface area contributed by atoms with Crippen molar-refractivity contribution in [3.63, 3.8) is 0 Å². The molecule has 0 amide bonds. The number of nitrogens with zero attached hydrogens (tertiary/aromatic N) is 5. The lowest BCUT2D eigenvalue weighted by atomic mass is 9.96. The number of hydrogen-bond acceptors (Lipinski definition) is 6. The number of fused-ring (bicyclic) bond motifs is 1. The number of aryl methyl sites for hydroxylation is 1. The first-order valence-electron chi connectivity index (χ1n) is 10.1. The second-order valence-electron chi connectivity index (χ2n) is 7.66. The molecule has 3 aromatic rings. The first kappa shape index (κ1) is 17.7. The summed E-state index contributed by atoms with van der Waals surface area (Å²) in [6.45, 7) is 4.51. The van der Waals surface area contributed by atoms with E-state index in [9.17, 15) is 4.79 Å². The van der Waals surface area contributed by atoms with Crippen molar-refractivity contribution < 1.29 is 4.74 Å². The van der Waals surface area contributed by atoms with Crippen molar-refractivity contribution in [3.8, 4) is 5.75 Å². The molecule has 7 nitrogen and oxygen atoms in total. The lowest BCUT2D eigenvalue weighted by Gasteiger charge is -2.31. The maximum atomic E-state index is 12.4. The predicted molar refractivity (Wildman–Crippen MR) is 111 cm³/mol. The van der Waals surface area contributed by atoms with Crippen LogP contribution in [0.15, 0.2) is 23.0 Å². The minimum atomic E-state index is 0.0366. The number of benzene rings is 1. The van der Waals surface area contributed by atoms with Crippen LogP contribution in [-0.2, 0) is 7.05 Å². The Morgan fingerprint density at radius 3 is 2.71 bits per heavy atom. The van der Waals surface area contributed by atoms with E-state index >= 15 is 0 Å². The van der Waals surface area contributed by atoms with E-state index in [2.05, 4.69) is 16.1 Å². The Morgan fingerprint density at radius 1 is 1.21 bits per heavy atom. The first-order valence-corrected chi connectivity index (χ1v) is 10.9. The number of aromatic nitrogens is 4. The van der Waals surface area contributed by atoms with Gasteiger partial charge in [0.05, 0.1) is 11.3 Å². The van der Waals surface area contributed by atoms with Gasteiger partial charge in [-0.2, -0.15) is 5.10 Å². The van der Waals surface area contributed by atoms with Crippen molar-refractivity contribution in [1.29, 1.82) is 0 Å². The lowest BCUT2D eigenvalue weighted by molar-refractivity contribution is 0.343. The summed E-state index contributed by atoms with van der Waals surface area (Å²) in [7, 11) is 1.76. The van der Waals surface area contributed by atoms with Crippen LogP contribution >= 0.6 is 11.3 Å². The van der Waals surface area contributed by atoms with E-state index in [4.69, 9.17) is 9.72 Å². The van der Waals surface area contributed by atoms with E-state index in [0.29, 0.717) is 18.6 Å². The Kier molecular flexibility index (Phi) is 4.38. The highest BCUT2D eigenvalue weighted by Gasteiger charge is 2.34. The molecule has 148 valence electrons. The molecule has 1 aliphatic carbocycles. The number of hydrogen-bond donors (Lipinski definition) is 0. The third kappa shape index (κ3) is 2.99. The van der Waals surface area contributed by atoms with Crippen LogP contribution in [0.1, 0.15) is 50.4 Å². The zero-order valence-corrected chi connectivity index (χ0v) is 17.1. The van der Waals surface area contributed by atoms with Crippen molar-refractivity contribution in [1.82, 2.24) is 19.3 Å². The summed E-state index contributed by atoms with van der Waals surface area (Å²) in [6.07, 6.45) is 4.20. The molecule has 1 aliphatic heterocycles. The number of rotatable bonds is 5. The van der Waals surface area contributed by atoms with E-state index in [0.717, 1.165) is 65.7 Å². The number of para-hydroxylation sites is 1. The third-order valence-electron chi connectivity index (χ3n) is 5.70. The maximum Gasteiger partial charge on any atom is 0.345 e. The molecule has 0 bridgehead atoms. The second kappa shape index (κ2) is 6.92. The molecule has 1 aromatic carbocycles. The van der Waals surface area contributed by atoms with Crippen LogP contribution in [0.5, 0.6) is 5.75 Å². The molecule has 2 aliphatic rings. The molecule has 28 heavy (non-hydrogen) atoms. The molecule has 1 saturated carbocycles. The van der Waals surface area contributed by atoms with Gasteiger partial charge in [0.1, 0.15) is 17.1 Å². The quantitative estimate of drug-likeness (QED) is 0.659. The van der Waals surface area contributed by atoms with Crippen LogP contribution in [0.2, 0.25) is 0 Å². The maximum absolute atomic E-state index is 12.4. The third-order valence-corrected chi connectivity index (χ3v) is 6.78. The standard InChI is InChI=1S/C20H25N5O2S/c1-3-27-15-5-4-6-16-17(15)21-19(28-16)24-11-9-13(10-12-24)18-22-23(2)20(26)25(18)14-7-8-14/h4-6,13-14H,3,7-12H2,1-2H3. The summed E-state index contributed by atoms with van der Waals surface area (Å²) in [4.78, 5) is 19.6. The molecule has 2 aromatic heterocycles. The predicted octanol–water partition coefficient (Wildman–Crippen LogP) is 3.31. The first-order chi connectivity index (χ1) is 13.7. The summed E-state index contributed by atoms with van der Waals surface area (Å²) in [5.41, 5.74) is 0.994. The normalized spacial score (nSPS) is 18.1. The van der Waals surface area contributed by atoms with Crippen LogP contribution < -0.4 is 15.3 Å². The summed E-state index contributed by atoms with van der Waals surface area (Å²) < 4.78 is 10.3. The number of piperidine rings is 1. The van der Waals surface area contributed by atoms with E-state index in [-0.39, 0.29) is 5.69 Å². The van der Waals surface area contributed by atoms with E-state index in [1.165, 1.54) is 4.68 Å². The SMILES string of the molecule is CCOc1cccc2sc(N3CCC(c4nn(C)c(=O)n4C4CC4)CC3)nc12. The molecular weight excluding hydrogens is 374 g/mol. The molecule has 5 rings (SSSR count). The van der Waals surface area contributed by atoms with Crippen LogP contribution in [0, 0.1) is 0 Å². The van der Waals surface area contributed by atoms with Crippen LogP contribution in [0.3, 0.4) is 0 Å².